The SMILES string of the molecule is N#CC12CC=C(CC1Cl)C2. The highest BCUT2D eigenvalue weighted by molar-refractivity contribution is 6.22. The highest BCUT2D eigenvalue weighted by atomic mass is 35.5. The summed E-state index contributed by atoms with van der Waals surface area (Å²) in [6, 6.07) is 2.33. The molecule has 2 aliphatic carbocycles. The summed E-state index contributed by atoms with van der Waals surface area (Å²) in [7, 11) is 0. The standard InChI is InChI=1S/C8H8ClN/c9-7-3-6-1-2-8(7,4-6)5-10/h1,7H,2-4H2. The number of allylic oxidation sites excluding steroid dienone is 2. The molecule has 0 radical (unpaired) electrons. The van der Waals surface area contributed by atoms with Gasteiger partial charge in [0.2, 0.25) is 0 Å². The monoisotopic (exact) mass is 153 g/mol. The first-order valence-corrected chi connectivity index (χ1v) is 3.94. The zero-order valence-corrected chi connectivity index (χ0v) is 6.36. The first-order valence-electron chi connectivity index (χ1n) is 3.50. The van der Waals surface area contributed by atoms with Crippen LogP contribution in [0.1, 0.15) is 19.3 Å². The molecule has 0 amide bonds. The molecule has 0 N–H and O–H groups in total. The quantitative estimate of drug-likeness (QED) is 0.387. The maximum Gasteiger partial charge on any atom is 0.0811 e. The Kier molecular flexibility index (Phi) is 1.10. The second kappa shape index (κ2) is 1.77. The zero-order chi connectivity index (χ0) is 7.19. The fourth-order valence-electron chi connectivity index (χ4n) is 1.85. The van der Waals surface area contributed by atoms with Crippen molar-refractivity contribution in [2.75, 3.05) is 0 Å². The van der Waals surface area contributed by atoms with Crippen LogP contribution in [0.15, 0.2) is 11.6 Å². The van der Waals surface area contributed by atoms with Gasteiger partial charge in [-0.25, -0.2) is 0 Å². The van der Waals surface area contributed by atoms with Gasteiger partial charge in [0.15, 0.2) is 0 Å². The van der Waals surface area contributed by atoms with Gasteiger partial charge in [-0.05, 0) is 19.3 Å². The van der Waals surface area contributed by atoms with Crippen LogP contribution in [-0.4, -0.2) is 5.38 Å². The lowest BCUT2D eigenvalue weighted by molar-refractivity contribution is 0.442. The minimum atomic E-state index is -0.211. The number of nitriles is 1. The summed E-state index contributed by atoms with van der Waals surface area (Å²) >= 11 is 6.00. The van der Waals surface area contributed by atoms with Crippen LogP contribution in [-0.2, 0) is 0 Å². The van der Waals surface area contributed by atoms with E-state index in [1.165, 1.54) is 5.57 Å². The van der Waals surface area contributed by atoms with Crippen LogP contribution in [0.2, 0.25) is 0 Å². The normalized spacial score (nSPS) is 43.2. The highest BCUT2D eigenvalue weighted by Crippen LogP contribution is 2.52. The molecular formula is C8H8ClN. The van der Waals surface area contributed by atoms with Crippen LogP contribution in [0.3, 0.4) is 0 Å². The van der Waals surface area contributed by atoms with Gasteiger partial charge in [-0.2, -0.15) is 5.26 Å². The Morgan fingerprint density at radius 3 is 2.90 bits per heavy atom. The second-order valence-corrected chi connectivity index (χ2v) is 3.71. The topological polar surface area (TPSA) is 23.8 Å². The third kappa shape index (κ3) is 0.578. The largest absolute Gasteiger partial charge is 0.198 e. The first kappa shape index (κ1) is 6.24. The predicted octanol–water partition coefficient (Wildman–Crippen LogP) is 2.23. The molecule has 0 saturated heterocycles. The molecule has 1 saturated carbocycles. The van der Waals surface area contributed by atoms with Gasteiger partial charge in [-0.15, -0.1) is 11.6 Å². The molecule has 0 aromatic heterocycles. The van der Waals surface area contributed by atoms with Crippen LogP contribution >= 0.6 is 11.6 Å². The Morgan fingerprint density at radius 2 is 2.60 bits per heavy atom. The van der Waals surface area contributed by atoms with E-state index in [9.17, 15) is 0 Å². The molecular weight excluding hydrogens is 146 g/mol. The molecule has 2 bridgehead atoms. The van der Waals surface area contributed by atoms with E-state index in [0.717, 1.165) is 19.3 Å². The van der Waals surface area contributed by atoms with Gasteiger partial charge in [-0.1, -0.05) is 11.6 Å². The average molecular weight is 154 g/mol. The molecule has 0 heterocycles. The summed E-state index contributed by atoms with van der Waals surface area (Å²) in [6.07, 6.45) is 4.92. The van der Waals surface area contributed by atoms with Crippen molar-refractivity contribution in [2.45, 2.75) is 24.6 Å². The van der Waals surface area contributed by atoms with Gasteiger partial charge in [-0.3, -0.25) is 0 Å². The summed E-state index contributed by atoms with van der Waals surface area (Å²) in [5, 5.41) is 8.93. The Bertz CT molecular complexity index is 238. The molecule has 52 valence electrons. The Hall–Kier alpha value is -0.480. The molecule has 1 nitrogen and oxygen atoms in total. The smallest absolute Gasteiger partial charge is 0.0811 e. The van der Waals surface area contributed by atoms with E-state index in [1.807, 2.05) is 0 Å². The number of alkyl halides is 1. The van der Waals surface area contributed by atoms with E-state index in [4.69, 9.17) is 16.9 Å². The summed E-state index contributed by atoms with van der Waals surface area (Å²) in [4.78, 5) is 0. The van der Waals surface area contributed by atoms with Crippen molar-refractivity contribution in [1.82, 2.24) is 0 Å². The molecule has 2 atom stereocenters. The van der Waals surface area contributed by atoms with Crippen molar-refractivity contribution in [3.8, 4) is 6.07 Å². The van der Waals surface area contributed by atoms with E-state index in [1.54, 1.807) is 0 Å². The lowest BCUT2D eigenvalue weighted by Crippen LogP contribution is -2.22. The molecule has 2 aliphatic rings. The summed E-state index contributed by atoms with van der Waals surface area (Å²) in [5.41, 5.74) is 1.18. The van der Waals surface area contributed by atoms with E-state index in [2.05, 4.69) is 12.1 Å². The number of hydrogen-bond donors (Lipinski definition) is 0. The van der Waals surface area contributed by atoms with Crippen molar-refractivity contribution in [2.24, 2.45) is 5.41 Å². The Morgan fingerprint density at radius 1 is 1.80 bits per heavy atom. The predicted molar refractivity (Wildman–Crippen MR) is 39.6 cm³/mol. The fourth-order valence-corrected chi connectivity index (χ4v) is 2.26. The average Bonchev–Trinajstić information content (AvgIpc) is 2.44. The van der Waals surface area contributed by atoms with Gasteiger partial charge in [0.1, 0.15) is 0 Å². The van der Waals surface area contributed by atoms with Crippen molar-refractivity contribution >= 4 is 11.6 Å². The molecule has 1 fully saturated rings. The van der Waals surface area contributed by atoms with Crippen LogP contribution in [0.25, 0.3) is 0 Å². The molecule has 0 aromatic rings. The summed E-state index contributed by atoms with van der Waals surface area (Å²) < 4.78 is 0. The van der Waals surface area contributed by atoms with Crippen LogP contribution in [0, 0.1) is 16.7 Å². The van der Waals surface area contributed by atoms with E-state index in [-0.39, 0.29) is 10.8 Å². The van der Waals surface area contributed by atoms with Gasteiger partial charge in [0.05, 0.1) is 16.9 Å². The second-order valence-electron chi connectivity index (χ2n) is 3.18. The van der Waals surface area contributed by atoms with Gasteiger partial charge >= 0.3 is 0 Å². The fraction of sp³-hybridized carbons (Fsp3) is 0.625. The minimum Gasteiger partial charge on any atom is -0.198 e. The van der Waals surface area contributed by atoms with E-state index >= 15 is 0 Å². The van der Waals surface area contributed by atoms with Crippen molar-refractivity contribution < 1.29 is 0 Å². The number of halogens is 1. The van der Waals surface area contributed by atoms with E-state index in [0.29, 0.717) is 0 Å². The maximum absolute atomic E-state index is 8.85. The van der Waals surface area contributed by atoms with Crippen molar-refractivity contribution in [3.05, 3.63) is 11.6 Å². The molecule has 10 heavy (non-hydrogen) atoms. The van der Waals surface area contributed by atoms with Crippen LogP contribution in [0.4, 0.5) is 0 Å². The molecule has 0 aromatic carbocycles. The van der Waals surface area contributed by atoms with Gasteiger partial charge in [0, 0.05) is 0 Å². The number of rotatable bonds is 0. The first-order chi connectivity index (χ1) is 4.77. The van der Waals surface area contributed by atoms with Crippen molar-refractivity contribution in [1.29, 1.82) is 5.26 Å². The minimum absolute atomic E-state index is 0.0810. The Labute approximate surface area is 65.3 Å². The third-order valence-corrected chi connectivity index (χ3v) is 3.13. The molecule has 0 aliphatic heterocycles. The highest BCUT2D eigenvalue weighted by Gasteiger charge is 2.47. The lowest BCUT2D eigenvalue weighted by atomic mass is 9.86. The number of nitrogens with zero attached hydrogens (tertiary/aromatic N) is 1. The van der Waals surface area contributed by atoms with Crippen LogP contribution < -0.4 is 0 Å². The number of fused-ring (bicyclic) bond motifs is 2. The Balaban J connectivity index is 2.37. The lowest BCUT2D eigenvalue weighted by Gasteiger charge is -2.20. The summed E-state index contributed by atoms with van der Waals surface area (Å²) in [6.45, 7) is 0. The summed E-state index contributed by atoms with van der Waals surface area (Å²) in [5.74, 6) is 0. The van der Waals surface area contributed by atoms with Gasteiger partial charge in [0.25, 0.3) is 0 Å². The molecule has 0 spiro atoms. The molecule has 2 unspecified atom stereocenters. The maximum atomic E-state index is 8.85. The molecule has 2 rings (SSSR count). The van der Waals surface area contributed by atoms with Crippen molar-refractivity contribution in [3.63, 3.8) is 0 Å². The van der Waals surface area contributed by atoms with Gasteiger partial charge < -0.3 is 0 Å². The van der Waals surface area contributed by atoms with Crippen LogP contribution in [0.5, 0.6) is 0 Å². The van der Waals surface area contributed by atoms with E-state index < -0.39 is 0 Å². The number of hydrogen-bond acceptors (Lipinski definition) is 1. The third-order valence-electron chi connectivity index (χ3n) is 2.56. The zero-order valence-electron chi connectivity index (χ0n) is 5.60. The molecule has 2 heteroatoms.